The van der Waals surface area contributed by atoms with Crippen molar-refractivity contribution in [2.24, 2.45) is 4.99 Å². The highest BCUT2D eigenvalue weighted by atomic mass is 15.0. The van der Waals surface area contributed by atoms with Crippen molar-refractivity contribution in [2.45, 2.75) is 5.41 Å². The highest BCUT2D eigenvalue weighted by molar-refractivity contribution is 6.13. The summed E-state index contributed by atoms with van der Waals surface area (Å²) in [4.78, 5) is 13.6. The number of fused-ring (bicyclic) bond motifs is 14. The molecule has 0 amide bonds. The molecule has 0 radical (unpaired) electrons. The van der Waals surface area contributed by atoms with E-state index in [0.717, 1.165) is 44.3 Å². The number of nitrogens with one attached hydrogen (secondary N) is 2. The molecule has 0 atom stereocenters. The summed E-state index contributed by atoms with van der Waals surface area (Å²) in [6.45, 7) is 0. The average Bonchev–Trinajstić information content (AvgIpc) is 3.87. The molecule has 5 heteroatoms. The van der Waals surface area contributed by atoms with Crippen molar-refractivity contribution < 1.29 is 0 Å². The number of aromatic nitrogens is 3. The van der Waals surface area contributed by atoms with Gasteiger partial charge in [-0.1, -0.05) is 146 Å². The lowest BCUT2D eigenvalue weighted by molar-refractivity contribution is 0.795. The lowest BCUT2D eigenvalue weighted by Crippen LogP contribution is -2.25. The molecule has 2 N–H and O–H groups in total. The van der Waals surface area contributed by atoms with E-state index in [0.29, 0.717) is 11.2 Å². The Morgan fingerprint density at radius 2 is 1.12 bits per heavy atom. The van der Waals surface area contributed by atoms with E-state index in [4.69, 9.17) is 9.98 Å². The Labute approximate surface area is 328 Å². The van der Waals surface area contributed by atoms with E-state index in [1.54, 1.807) is 0 Å². The fraction of sp³-hybridized carbons (Fsp3) is 0.0192. The maximum absolute atomic E-state index is 9.63. The number of nitrogens with zero attached hydrogens (tertiary/aromatic N) is 3. The standard InChI is InChI=1S/C52H33N5/c53-50(56-51-49(32-16-2-1-3-17-32)54-44-26-12-13-27-45(44)55-51)37-22-8-15-29-47(37)57-46-28-14-7-21-36(46)39-30-43-38(31-48(39)57)35-20-6-11-25-42(35)52(43)40-23-9-4-18-33(40)34-19-5-10-24-41(34)52/h1-31H,(H2,53,55,56). The Hall–Kier alpha value is -7.63. The fourth-order valence-electron chi connectivity index (χ4n) is 9.77. The van der Waals surface area contributed by atoms with Crippen molar-refractivity contribution in [3.8, 4) is 39.2 Å². The van der Waals surface area contributed by atoms with Crippen LogP contribution in [-0.4, -0.2) is 20.4 Å². The number of H-pyrrole nitrogens is 1. The van der Waals surface area contributed by atoms with Gasteiger partial charge in [-0.3, -0.25) is 5.41 Å². The zero-order valence-corrected chi connectivity index (χ0v) is 30.7. The first-order valence-electron chi connectivity index (χ1n) is 19.3. The highest BCUT2D eigenvalue weighted by Gasteiger charge is 2.51. The predicted octanol–water partition coefficient (Wildman–Crippen LogP) is 11.6. The van der Waals surface area contributed by atoms with Crippen LogP contribution in [0.25, 0.3) is 72.0 Å². The molecule has 10 aromatic rings. The second kappa shape index (κ2) is 11.9. The summed E-state index contributed by atoms with van der Waals surface area (Å²) in [6, 6.07) is 66.5. The van der Waals surface area contributed by atoms with Gasteiger partial charge in [0.2, 0.25) is 0 Å². The number of benzene rings is 8. The van der Waals surface area contributed by atoms with Crippen molar-refractivity contribution in [1.82, 2.24) is 14.5 Å². The van der Waals surface area contributed by atoms with Gasteiger partial charge in [0, 0.05) is 21.9 Å². The Morgan fingerprint density at radius 3 is 1.88 bits per heavy atom. The van der Waals surface area contributed by atoms with Gasteiger partial charge >= 0.3 is 0 Å². The minimum Gasteiger partial charge on any atom is -0.337 e. The molecule has 2 aromatic heterocycles. The third-order valence-electron chi connectivity index (χ3n) is 12.1. The largest absolute Gasteiger partial charge is 0.337 e. The monoisotopic (exact) mass is 727 g/mol. The molecule has 266 valence electrons. The minimum atomic E-state index is -0.434. The van der Waals surface area contributed by atoms with Crippen molar-refractivity contribution >= 4 is 38.7 Å². The molecular weight excluding hydrogens is 695 g/mol. The van der Waals surface area contributed by atoms with Crippen LogP contribution in [0.5, 0.6) is 0 Å². The maximum Gasteiger partial charge on any atom is 0.159 e. The topological polar surface area (TPSA) is 69.8 Å². The van der Waals surface area contributed by atoms with E-state index in [1.165, 1.54) is 49.9 Å². The minimum absolute atomic E-state index is 0.145. The maximum atomic E-state index is 9.63. The van der Waals surface area contributed by atoms with Crippen LogP contribution < -0.4 is 5.49 Å². The van der Waals surface area contributed by atoms with Gasteiger partial charge in [0.05, 0.1) is 33.2 Å². The van der Waals surface area contributed by atoms with E-state index in [2.05, 4.69) is 131 Å². The number of para-hydroxylation sites is 4. The molecule has 8 aromatic carbocycles. The SMILES string of the molecule is N=C(N=c1[nH]c2ccccc2nc1-c1ccccc1)c1ccccc1-n1c2ccccc2c2cc3c(cc21)-c1ccccc1C31c2ccccc2-c2ccccc21. The van der Waals surface area contributed by atoms with Gasteiger partial charge in [0.1, 0.15) is 5.69 Å². The van der Waals surface area contributed by atoms with Crippen LogP contribution in [-0.2, 0) is 5.41 Å². The number of rotatable bonds is 3. The summed E-state index contributed by atoms with van der Waals surface area (Å²) in [5.74, 6) is 0.145. The van der Waals surface area contributed by atoms with Crippen molar-refractivity contribution in [3.63, 3.8) is 0 Å². The quantitative estimate of drug-likeness (QED) is 0.138. The van der Waals surface area contributed by atoms with Crippen LogP contribution >= 0.6 is 0 Å². The number of hydrogen-bond donors (Lipinski definition) is 2. The van der Waals surface area contributed by atoms with Crippen molar-refractivity contribution in [3.05, 3.63) is 221 Å². The normalized spacial score (nSPS) is 13.6. The van der Waals surface area contributed by atoms with Gasteiger partial charge in [0.15, 0.2) is 11.3 Å². The van der Waals surface area contributed by atoms with Gasteiger partial charge in [-0.2, -0.15) is 0 Å². The predicted molar refractivity (Wildman–Crippen MR) is 231 cm³/mol. The zero-order valence-electron chi connectivity index (χ0n) is 30.7. The van der Waals surface area contributed by atoms with Crippen LogP contribution in [0.2, 0.25) is 0 Å². The Morgan fingerprint density at radius 1 is 0.526 bits per heavy atom. The third kappa shape index (κ3) is 4.36. The van der Waals surface area contributed by atoms with Crippen LogP contribution in [0.1, 0.15) is 27.8 Å². The Kier molecular flexibility index (Phi) is 6.64. The molecule has 0 fully saturated rings. The molecule has 0 saturated carbocycles. The van der Waals surface area contributed by atoms with Crippen LogP contribution in [0.4, 0.5) is 0 Å². The first-order valence-corrected chi connectivity index (χ1v) is 19.3. The summed E-state index contributed by atoms with van der Waals surface area (Å²) in [5, 5.41) is 12.0. The molecule has 12 rings (SSSR count). The highest BCUT2D eigenvalue weighted by Crippen LogP contribution is 2.63. The zero-order chi connectivity index (χ0) is 37.7. The van der Waals surface area contributed by atoms with Gasteiger partial charge in [-0.05, 0) is 87.0 Å². The summed E-state index contributed by atoms with van der Waals surface area (Å²) < 4.78 is 2.33. The molecule has 5 nitrogen and oxygen atoms in total. The summed E-state index contributed by atoms with van der Waals surface area (Å²) >= 11 is 0. The number of hydrogen-bond acceptors (Lipinski definition) is 2. The van der Waals surface area contributed by atoms with E-state index in [-0.39, 0.29) is 5.84 Å². The number of amidine groups is 1. The lowest BCUT2D eigenvalue weighted by atomic mass is 9.70. The molecule has 2 aliphatic carbocycles. The molecule has 2 heterocycles. The first-order chi connectivity index (χ1) is 28.2. The summed E-state index contributed by atoms with van der Waals surface area (Å²) in [5.41, 5.74) is 17.6. The molecule has 2 aliphatic rings. The lowest BCUT2D eigenvalue weighted by Gasteiger charge is -2.30. The van der Waals surface area contributed by atoms with Gasteiger partial charge in [-0.15, -0.1) is 0 Å². The second-order valence-electron chi connectivity index (χ2n) is 14.9. The Balaban J connectivity index is 1.11. The third-order valence-corrected chi connectivity index (χ3v) is 12.1. The molecule has 0 aliphatic heterocycles. The van der Waals surface area contributed by atoms with E-state index >= 15 is 0 Å². The van der Waals surface area contributed by atoms with Crippen molar-refractivity contribution in [2.75, 3.05) is 0 Å². The van der Waals surface area contributed by atoms with E-state index in [9.17, 15) is 5.41 Å². The van der Waals surface area contributed by atoms with Crippen molar-refractivity contribution in [1.29, 1.82) is 5.41 Å². The first kappa shape index (κ1) is 31.7. The van der Waals surface area contributed by atoms with E-state index in [1.807, 2.05) is 66.7 Å². The van der Waals surface area contributed by atoms with Crippen LogP contribution in [0, 0.1) is 5.41 Å². The summed E-state index contributed by atoms with van der Waals surface area (Å²) in [7, 11) is 0. The fourth-order valence-corrected chi connectivity index (χ4v) is 9.77. The molecular formula is C52H33N5. The smallest absolute Gasteiger partial charge is 0.159 e. The molecule has 0 bridgehead atoms. The van der Waals surface area contributed by atoms with Crippen LogP contribution in [0.3, 0.4) is 0 Å². The molecule has 0 saturated heterocycles. The molecule has 0 unspecified atom stereocenters. The summed E-state index contributed by atoms with van der Waals surface area (Å²) in [6.07, 6.45) is 0. The Bertz CT molecular complexity index is 3340. The van der Waals surface area contributed by atoms with Gasteiger partial charge in [0.25, 0.3) is 0 Å². The second-order valence-corrected chi connectivity index (χ2v) is 14.9. The average molecular weight is 728 g/mol. The molecule has 1 spiro atoms. The van der Waals surface area contributed by atoms with E-state index < -0.39 is 5.41 Å². The van der Waals surface area contributed by atoms with Gasteiger partial charge in [-0.25, -0.2) is 9.98 Å². The molecule has 57 heavy (non-hydrogen) atoms. The van der Waals surface area contributed by atoms with Gasteiger partial charge < -0.3 is 9.55 Å². The van der Waals surface area contributed by atoms with Crippen LogP contribution in [0.15, 0.2) is 193 Å². The number of aromatic amines is 1.